The number of nitrogens with zero attached hydrogens (tertiary/aromatic N) is 2. The topological polar surface area (TPSA) is 72.6 Å². The van der Waals surface area contributed by atoms with Gasteiger partial charge in [0.1, 0.15) is 0 Å². The average molecular weight is 194 g/mol. The summed E-state index contributed by atoms with van der Waals surface area (Å²) in [5.41, 5.74) is 1.19. The number of nitrogens with two attached hydrogens (primary N) is 1. The Morgan fingerprint density at radius 1 is 1.71 bits per heavy atom. The first-order valence-electron chi connectivity index (χ1n) is 4.18. The molecule has 1 rings (SSSR count). The summed E-state index contributed by atoms with van der Waals surface area (Å²) in [5.74, 6) is 0.728. The normalized spacial score (nSPS) is 11.4. The van der Waals surface area contributed by atoms with Crippen LogP contribution < -0.4 is 5.32 Å². The summed E-state index contributed by atoms with van der Waals surface area (Å²) in [4.78, 5) is 13.9. The summed E-state index contributed by atoms with van der Waals surface area (Å²) >= 11 is 0. The van der Waals surface area contributed by atoms with E-state index in [0.717, 1.165) is 11.4 Å². The summed E-state index contributed by atoms with van der Waals surface area (Å²) in [6, 6.07) is 3.74. The van der Waals surface area contributed by atoms with Crippen molar-refractivity contribution in [2.45, 2.75) is 13.8 Å². The lowest BCUT2D eigenvalue weighted by atomic mass is 10.3. The van der Waals surface area contributed by atoms with Gasteiger partial charge in [-0.1, -0.05) is 0 Å². The minimum absolute atomic E-state index is 0.105. The van der Waals surface area contributed by atoms with Crippen LogP contribution in [0.1, 0.15) is 12.5 Å². The number of nitro groups is 1. The molecule has 5 nitrogen and oxygen atoms in total. The van der Waals surface area contributed by atoms with E-state index < -0.39 is 4.92 Å². The quantitative estimate of drug-likeness (QED) is 0.569. The zero-order valence-electron chi connectivity index (χ0n) is 8.10. The van der Waals surface area contributed by atoms with Crippen LogP contribution in [0.5, 0.6) is 0 Å². The fourth-order valence-electron chi connectivity index (χ4n) is 0.918. The lowest BCUT2D eigenvalue weighted by molar-refractivity contribution is -0.519. The van der Waals surface area contributed by atoms with E-state index in [4.69, 9.17) is 0 Å². The Bertz CT molecular complexity index is 374. The van der Waals surface area contributed by atoms with Gasteiger partial charge < -0.3 is 0 Å². The molecule has 0 saturated carbocycles. The minimum atomic E-state index is -0.424. The second-order valence-electron chi connectivity index (χ2n) is 2.99. The van der Waals surface area contributed by atoms with Gasteiger partial charge in [0.2, 0.25) is 5.82 Å². The molecule has 74 valence electrons. The first-order valence-corrected chi connectivity index (χ1v) is 4.18. The molecular weight excluding hydrogens is 182 g/mol. The Morgan fingerprint density at radius 3 is 3.00 bits per heavy atom. The Hall–Kier alpha value is -1.75. The number of aryl methyl sites for hydroxylation is 1. The van der Waals surface area contributed by atoms with E-state index in [-0.39, 0.29) is 5.70 Å². The molecule has 0 aliphatic heterocycles. The van der Waals surface area contributed by atoms with Crippen molar-refractivity contribution in [2.24, 2.45) is 0 Å². The van der Waals surface area contributed by atoms with Crippen LogP contribution in [0, 0.1) is 17.0 Å². The van der Waals surface area contributed by atoms with Crippen LogP contribution in [0.2, 0.25) is 0 Å². The van der Waals surface area contributed by atoms with Crippen LogP contribution in [0.25, 0.3) is 0 Å². The van der Waals surface area contributed by atoms with Crippen LogP contribution in [0.4, 0.5) is 5.82 Å². The van der Waals surface area contributed by atoms with Crippen molar-refractivity contribution in [3.05, 3.63) is 45.9 Å². The predicted octanol–water partition coefficient (Wildman–Crippen LogP) is 0.723. The molecule has 0 aliphatic rings. The lowest BCUT2D eigenvalue weighted by Crippen LogP contribution is -2.72. The van der Waals surface area contributed by atoms with Crippen molar-refractivity contribution >= 4 is 5.82 Å². The van der Waals surface area contributed by atoms with E-state index >= 15 is 0 Å². The molecular formula is C9H12N3O2+. The Labute approximate surface area is 81.6 Å². The molecule has 0 unspecified atom stereocenters. The summed E-state index contributed by atoms with van der Waals surface area (Å²) in [7, 11) is 0. The first kappa shape index (κ1) is 10.3. The van der Waals surface area contributed by atoms with Crippen molar-refractivity contribution < 1.29 is 10.2 Å². The zero-order valence-corrected chi connectivity index (χ0v) is 8.10. The van der Waals surface area contributed by atoms with Gasteiger partial charge in [-0.3, -0.25) is 15.4 Å². The van der Waals surface area contributed by atoms with Crippen molar-refractivity contribution in [1.29, 1.82) is 0 Å². The number of pyridine rings is 1. The molecule has 0 radical (unpaired) electrons. The molecule has 5 heteroatoms. The van der Waals surface area contributed by atoms with Gasteiger partial charge in [0, 0.05) is 19.2 Å². The number of hydrogen-bond donors (Lipinski definition) is 1. The Balaban J connectivity index is 2.71. The third-order valence-electron chi connectivity index (χ3n) is 1.72. The molecule has 0 spiro atoms. The third kappa shape index (κ3) is 2.95. The second kappa shape index (κ2) is 4.48. The van der Waals surface area contributed by atoms with Gasteiger partial charge in [0.15, 0.2) is 6.20 Å². The molecule has 0 bridgehead atoms. The maximum atomic E-state index is 10.3. The van der Waals surface area contributed by atoms with Crippen LogP contribution in [-0.2, 0) is 0 Å². The fourth-order valence-corrected chi connectivity index (χ4v) is 0.918. The van der Waals surface area contributed by atoms with Crippen molar-refractivity contribution in [1.82, 2.24) is 4.98 Å². The number of rotatable bonds is 3. The van der Waals surface area contributed by atoms with E-state index in [0.29, 0.717) is 0 Å². The second-order valence-corrected chi connectivity index (χ2v) is 2.99. The molecule has 0 saturated heterocycles. The Morgan fingerprint density at radius 2 is 2.43 bits per heavy atom. The number of quaternary nitrogens is 1. The van der Waals surface area contributed by atoms with Crippen LogP contribution in [0.3, 0.4) is 0 Å². The smallest absolute Gasteiger partial charge is 0.266 e. The van der Waals surface area contributed by atoms with Crippen molar-refractivity contribution in [3.63, 3.8) is 0 Å². The summed E-state index contributed by atoms with van der Waals surface area (Å²) in [5, 5.41) is 11.9. The lowest BCUT2D eigenvalue weighted by Gasteiger charge is -1.94. The number of allylic oxidation sites excluding steroid dienone is 1. The van der Waals surface area contributed by atoms with E-state index in [1.807, 2.05) is 19.1 Å². The van der Waals surface area contributed by atoms with E-state index in [2.05, 4.69) is 4.98 Å². The molecule has 0 atom stereocenters. The highest BCUT2D eigenvalue weighted by atomic mass is 16.6. The average Bonchev–Trinajstić information content (AvgIpc) is 2.14. The number of hydrogen-bond acceptors (Lipinski definition) is 3. The summed E-state index contributed by atoms with van der Waals surface area (Å²) in [6.07, 6.45) is 3.12. The van der Waals surface area contributed by atoms with Gasteiger partial charge in [0.05, 0.1) is 4.92 Å². The molecule has 1 aromatic rings. The fraction of sp³-hybridized carbons (Fsp3) is 0.222. The van der Waals surface area contributed by atoms with Gasteiger partial charge >= 0.3 is 0 Å². The maximum absolute atomic E-state index is 10.3. The predicted molar refractivity (Wildman–Crippen MR) is 51.3 cm³/mol. The monoisotopic (exact) mass is 194 g/mol. The van der Waals surface area contributed by atoms with E-state index in [1.165, 1.54) is 13.1 Å². The van der Waals surface area contributed by atoms with Crippen molar-refractivity contribution in [3.8, 4) is 0 Å². The SMILES string of the molecule is C/C(=C/[NH2+]c1cc(C)ccn1)[N+](=O)[O-]. The standard InChI is InChI=1S/C9H11N3O2/c1-7-3-4-10-9(5-7)11-6-8(2)12(13)14/h3-6H,1-2H3,(H,10,11)/p+1/b8-6-. The number of aromatic nitrogens is 1. The van der Waals surface area contributed by atoms with Crippen molar-refractivity contribution in [2.75, 3.05) is 0 Å². The highest BCUT2D eigenvalue weighted by Gasteiger charge is 2.04. The van der Waals surface area contributed by atoms with Gasteiger partial charge in [-0.05, 0) is 18.6 Å². The van der Waals surface area contributed by atoms with Gasteiger partial charge in [0.25, 0.3) is 5.70 Å². The van der Waals surface area contributed by atoms with Crippen LogP contribution in [0.15, 0.2) is 30.2 Å². The van der Waals surface area contributed by atoms with E-state index in [9.17, 15) is 10.1 Å². The summed E-state index contributed by atoms with van der Waals surface area (Å²) in [6.45, 7) is 3.40. The largest absolute Gasteiger partial charge is 0.295 e. The highest BCUT2D eigenvalue weighted by Crippen LogP contribution is 1.99. The molecule has 2 N–H and O–H groups in total. The van der Waals surface area contributed by atoms with Crippen LogP contribution in [-0.4, -0.2) is 9.91 Å². The minimum Gasteiger partial charge on any atom is -0.266 e. The van der Waals surface area contributed by atoms with Gasteiger partial charge in [-0.25, -0.2) is 4.98 Å². The van der Waals surface area contributed by atoms with Crippen LogP contribution >= 0.6 is 0 Å². The molecule has 0 fully saturated rings. The Kier molecular flexibility index (Phi) is 3.30. The third-order valence-corrected chi connectivity index (χ3v) is 1.72. The molecule has 1 aromatic heterocycles. The molecule has 0 amide bonds. The summed E-state index contributed by atoms with van der Waals surface area (Å²) < 4.78 is 0. The molecule has 0 aromatic carbocycles. The van der Waals surface area contributed by atoms with E-state index in [1.54, 1.807) is 11.5 Å². The molecule has 1 heterocycles. The first-order chi connectivity index (χ1) is 6.59. The zero-order chi connectivity index (χ0) is 10.6. The maximum Gasteiger partial charge on any atom is 0.295 e. The molecule has 0 aliphatic carbocycles. The molecule has 14 heavy (non-hydrogen) atoms. The van der Waals surface area contributed by atoms with Gasteiger partial charge in [-0.2, -0.15) is 0 Å². The van der Waals surface area contributed by atoms with Gasteiger partial charge in [-0.15, -0.1) is 0 Å². The highest BCUT2D eigenvalue weighted by molar-refractivity contribution is 5.23.